The maximum absolute atomic E-state index is 13.4. The van der Waals surface area contributed by atoms with Crippen molar-refractivity contribution in [3.8, 4) is 28.7 Å². The fraction of sp³-hybridized carbons (Fsp3) is 0.586. The Morgan fingerprint density at radius 1 is 0.900 bits per heavy atom. The Morgan fingerprint density at radius 3 is 2.02 bits per heavy atom. The molecule has 3 atom stereocenters. The summed E-state index contributed by atoms with van der Waals surface area (Å²) in [6.45, 7) is 4.14. The number of ether oxygens (including phenoxy) is 6. The molecule has 11 heteroatoms. The van der Waals surface area contributed by atoms with Crippen molar-refractivity contribution in [1.29, 1.82) is 0 Å². The topological polar surface area (TPSA) is 110 Å². The van der Waals surface area contributed by atoms with Crippen molar-refractivity contribution in [3.63, 3.8) is 0 Å². The predicted molar refractivity (Wildman–Crippen MR) is 156 cm³/mol. The van der Waals surface area contributed by atoms with E-state index < -0.39 is 21.7 Å². The van der Waals surface area contributed by atoms with E-state index in [9.17, 15) is 13.5 Å². The SMILES string of the molecule is CCCOc1c(OCCCCBr)cc(C2CCC(c3cc(OC)c(OC)c(OC)c3)O2)cc1S(=O)(=O)CC(C)O. The Hall–Kier alpha value is -2.21. The van der Waals surface area contributed by atoms with E-state index in [0.717, 1.165) is 23.7 Å². The Bertz CT molecular complexity index is 1190. The van der Waals surface area contributed by atoms with E-state index in [0.29, 0.717) is 61.0 Å². The summed E-state index contributed by atoms with van der Waals surface area (Å²) in [7, 11) is 0.799. The van der Waals surface area contributed by atoms with Gasteiger partial charge in [0.2, 0.25) is 5.75 Å². The molecule has 1 aliphatic heterocycles. The number of aliphatic hydroxyl groups excluding tert-OH is 1. The molecule has 1 heterocycles. The van der Waals surface area contributed by atoms with Gasteiger partial charge in [0.25, 0.3) is 0 Å². The summed E-state index contributed by atoms with van der Waals surface area (Å²) in [6.07, 6.45) is 2.09. The third kappa shape index (κ3) is 7.96. The molecule has 0 radical (unpaired) electrons. The molecule has 0 saturated carbocycles. The number of halogens is 1. The molecule has 3 unspecified atom stereocenters. The van der Waals surface area contributed by atoms with Gasteiger partial charge in [-0.05, 0) is 74.4 Å². The Morgan fingerprint density at radius 2 is 1.50 bits per heavy atom. The van der Waals surface area contributed by atoms with Crippen molar-refractivity contribution >= 4 is 25.8 Å². The summed E-state index contributed by atoms with van der Waals surface area (Å²) in [6, 6.07) is 7.17. The molecule has 2 aromatic carbocycles. The van der Waals surface area contributed by atoms with Gasteiger partial charge in [-0.1, -0.05) is 22.9 Å². The number of hydrogen-bond acceptors (Lipinski definition) is 9. The molecule has 1 N–H and O–H groups in total. The number of hydrogen-bond donors (Lipinski definition) is 1. The zero-order chi connectivity index (χ0) is 29.3. The summed E-state index contributed by atoms with van der Waals surface area (Å²) >= 11 is 3.43. The van der Waals surface area contributed by atoms with E-state index in [-0.39, 0.29) is 22.9 Å². The molecule has 0 bridgehead atoms. The molecule has 3 rings (SSSR count). The molecular formula is C29H41BrO9S. The fourth-order valence-electron chi connectivity index (χ4n) is 4.67. The molecular weight excluding hydrogens is 604 g/mol. The highest BCUT2D eigenvalue weighted by Gasteiger charge is 2.33. The molecule has 0 aliphatic carbocycles. The quantitative estimate of drug-likeness (QED) is 0.179. The molecule has 9 nitrogen and oxygen atoms in total. The molecule has 2 aromatic rings. The van der Waals surface area contributed by atoms with E-state index in [2.05, 4.69) is 15.9 Å². The van der Waals surface area contributed by atoms with E-state index in [1.54, 1.807) is 27.4 Å². The number of rotatable bonds is 16. The highest BCUT2D eigenvalue weighted by atomic mass is 79.9. The van der Waals surface area contributed by atoms with Crippen LogP contribution in [0.4, 0.5) is 0 Å². The van der Waals surface area contributed by atoms with Crippen LogP contribution in [0, 0.1) is 0 Å². The van der Waals surface area contributed by atoms with Gasteiger partial charge in [-0.3, -0.25) is 0 Å². The van der Waals surface area contributed by atoms with Gasteiger partial charge in [-0.25, -0.2) is 8.42 Å². The van der Waals surface area contributed by atoms with Gasteiger partial charge < -0.3 is 33.5 Å². The molecule has 0 aromatic heterocycles. The molecule has 1 saturated heterocycles. The van der Waals surface area contributed by atoms with Crippen molar-refractivity contribution in [2.45, 2.75) is 69.2 Å². The van der Waals surface area contributed by atoms with Crippen molar-refractivity contribution in [3.05, 3.63) is 35.4 Å². The second kappa shape index (κ2) is 15.1. The average molecular weight is 646 g/mol. The van der Waals surface area contributed by atoms with E-state index in [4.69, 9.17) is 28.4 Å². The zero-order valence-electron chi connectivity index (χ0n) is 23.9. The molecule has 224 valence electrons. The van der Waals surface area contributed by atoms with E-state index >= 15 is 0 Å². The minimum atomic E-state index is -3.89. The minimum absolute atomic E-state index is 0.00896. The number of unbranched alkanes of at least 4 members (excludes halogenated alkanes) is 1. The molecule has 1 aliphatic rings. The normalized spacial score (nSPS) is 17.9. The Labute approximate surface area is 246 Å². The number of aliphatic hydroxyl groups is 1. The fourth-order valence-corrected chi connectivity index (χ4v) is 6.64. The number of benzene rings is 2. The molecule has 40 heavy (non-hydrogen) atoms. The van der Waals surface area contributed by atoms with Gasteiger partial charge in [0.05, 0.1) is 58.6 Å². The van der Waals surface area contributed by atoms with Gasteiger partial charge in [0.15, 0.2) is 32.8 Å². The van der Waals surface area contributed by atoms with Crippen LogP contribution in [0.2, 0.25) is 0 Å². The monoisotopic (exact) mass is 644 g/mol. The standard InChI is InChI=1S/C29H41BrO9S/c1-6-12-38-29-26(37-13-8-7-11-30)16-21(17-27(29)40(32,33)18-19(2)31)23-10-9-22(39-23)20-14-24(34-3)28(36-5)25(15-20)35-4/h14-17,19,22-23,31H,6-13,18H2,1-5H3. The maximum Gasteiger partial charge on any atom is 0.203 e. The Kier molecular flexibility index (Phi) is 12.2. The van der Waals surface area contributed by atoms with Gasteiger partial charge >= 0.3 is 0 Å². The second-order valence-corrected chi connectivity index (χ2v) is 12.5. The van der Waals surface area contributed by atoms with Crippen molar-refractivity contribution < 1.29 is 41.9 Å². The lowest BCUT2D eigenvalue weighted by atomic mass is 10.0. The van der Waals surface area contributed by atoms with Gasteiger partial charge in [-0.15, -0.1) is 0 Å². The van der Waals surface area contributed by atoms with Gasteiger partial charge in [-0.2, -0.15) is 0 Å². The first-order valence-electron chi connectivity index (χ1n) is 13.5. The number of sulfone groups is 1. The van der Waals surface area contributed by atoms with E-state index in [1.165, 1.54) is 6.92 Å². The van der Waals surface area contributed by atoms with Crippen LogP contribution in [-0.4, -0.2) is 65.3 Å². The first kappa shape index (κ1) is 32.3. The maximum atomic E-state index is 13.4. The van der Waals surface area contributed by atoms with Crippen molar-refractivity contribution in [1.82, 2.24) is 0 Å². The third-order valence-corrected chi connectivity index (χ3v) is 8.98. The minimum Gasteiger partial charge on any atom is -0.493 e. The van der Waals surface area contributed by atoms with Crippen molar-refractivity contribution in [2.24, 2.45) is 0 Å². The van der Waals surface area contributed by atoms with Crippen LogP contribution >= 0.6 is 15.9 Å². The summed E-state index contributed by atoms with van der Waals surface area (Å²) in [5.41, 5.74) is 1.55. The molecule has 0 spiro atoms. The third-order valence-electron chi connectivity index (χ3n) is 6.53. The lowest BCUT2D eigenvalue weighted by Crippen LogP contribution is -2.19. The summed E-state index contributed by atoms with van der Waals surface area (Å²) in [5, 5.41) is 10.8. The van der Waals surface area contributed by atoms with Gasteiger partial charge in [0.1, 0.15) is 4.90 Å². The lowest BCUT2D eigenvalue weighted by molar-refractivity contribution is 0.0434. The van der Waals surface area contributed by atoms with Crippen LogP contribution < -0.4 is 23.7 Å². The van der Waals surface area contributed by atoms with Crippen LogP contribution in [0.5, 0.6) is 28.7 Å². The first-order chi connectivity index (χ1) is 19.2. The highest BCUT2D eigenvalue weighted by molar-refractivity contribution is 9.09. The summed E-state index contributed by atoms with van der Waals surface area (Å²) in [4.78, 5) is 0.00896. The summed E-state index contributed by atoms with van der Waals surface area (Å²) < 4.78 is 61.8. The lowest BCUT2D eigenvalue weighted by Gasteiger charge is -2.21. The average Bonchev–Trinajstić information content (AvgIpc) is 3.43. The van der Waals surface area contributed by atoms with Crippen LogP contribution in [0.1, 0.15) is 69.3 Å². The molecule has 1 fully saturated rings. The van der Waals surface area contributed by atoms with E-state index in [1.807, 2.05) is 25.1 Å². The Balaban J connectivity index is 2.02. The molecule has 0 amide bonds. The number of alkyl halides is 1. The predicted octanol–water partition coefficient (Wildman–Crippen LogP) is 5.80. The van der Waals surface area contributed by atoms with Gasteiger partial charge in [0, 0.05) is 5.33 Å². The second-order valence-electron chi connectivity index (χ2n) is 9.72. The summed E-state index contributed by atoms with van der Waals surface area (Å²) in [5.74, 6) is 1.69. The largest absolute Gasteiger partial charge is 0.493 e. The smallest absolute Gasteiger partial charge is 0.203 e. The highest BCUT2D eigenvalue weighted by Crippen LogP contribution is 2.48. The van der Waals surface area contributed by atoms with Crippen LogP contribution in [-0.2, 0) is 14.6 Å². The zero-order valence-corrected chi connectivity index (χ0v) is 26.3. The van der Waals surface area contributed by atoms with Crippen LogP contribution in [0.3, 0.4) is 0 Å². The number of methoxy groups -OCH3 is 3. The first-order valence-corrected chi connectivity index (χ1v) is 16.3. The van der Waals surface area contributed by atoms with Crippen molar-refractivity contribution in [2.75, 3.05) is 45.6 Å². The van der Waals surface area contributed by atoms with Crippen LogP contribution in [0.25, 0.3) is 0 Å². The van der Waals surface area contributed by atoms with Crippen LogP contribution in [0.15, 0.2) is 29.2 Å².